The van der Waals surface area contributed by atoms with Crippen molar-refractivity contribution < 1.29 is 14.4 Å². The van der Waals surface area contributed by atoms with E-state index in [2.05, 4.69) is 5.32 Å². The Labute approximate surface area is 163 Å². The van der Waals surface area contributed by atoms with Gasteiger partial charge in [-0.05, 0) is 42.8 Å². The number of hydrogen-bond donors (Lipinski definition) is 1. The number of fused-ring (bicyclic) bond motifs is 1. The lowest BCUT2D eigenvalue weighted by Gasteiger charge is -2.36. The fourth-order valence-electron chi connectivity index (χ4n) is 3.82. The molecular formula is C21H22N4O3. The first kappa shape index (κ1) is 18.0. The number of carbonyl (C=O) groups is 3. The van der Waals surface area contributed by atoms with Gasteiger partial charge < -0.3 is 15.1 Å². The van der Waals surface area contributed by atoms with E-state index in [9.17, 15) is 14.4 Å². The van der Waals surface area contributed by atoms with Crippen molar-refractivity contribution in [3.63, 3.8) is 0 Å². The fourth-order valence-corrected chi connectivity index (χ4v) is 3.82. The number of carbonyl (C=O) groups excluding carboxylic acids is 3. The Kier molecular flexibility index (Phi) is 4.50. The van der Waals surface area contributed by atoms with Crippen molar-refractivity contribution in [3.05, 3.63) is 60.2 Å². The highest BCUT2D eigenvalue weighted by Crippen LogP contribution is 2.29. The van der Waals surface area contributed by atoms with Crippen LogP contribution < -0.4 is 15.1 Å². The van der Waals surface area contributed by atoms with Crippen molar-refractivity contribution in [2.45, 2.75) is 18.5 Å². The molecular weight excluding hydrogens is 356 g/mol. The molecule has 28 heavy (non-hydrogen) atoms. The van der Waals surface area contributed by atoms with Gasteiger partial charge in [0.15, 0.2) is 0 Å². The highest BCUT2D eigenvalue weighted by atomic mass is 16.2. The zero-order valence-corrected chi connectivity index (χ0v) is 15.8. The molecule has 144 valence electrons. The molecule has 1 N–H and O–H groups in total. The largest absolute Gasteiger partial charge is 0.378 e. The quantitative estimate of drug-likeness (QED) is 0.888. The number of benzene rings is 2. The molecule has 2 aliphatic rings. The summed E-state index contributed by atoms with van der Waals surface area (Å²) in [5, 5.41) is 2.88. The minimum atomic E-state index is -0.695. The summed E-state index contributed by atoms with van der Waals surface area (Å²) in [5.74, 6) is -0.564. The van der Waals surface area contributed by atoms with E-state index in [-0.39, 0.29) is 17.9 Å². The number of nitrogens with zero attached hydrogens (tertiary/aromatic N) is 3. The van der Waals surface area contributed by atoms with Crippen molar-refractivity contribution in [1.82, 2.24) is 10.2 Å². The van der Waals surface area contributed by atoms with Gasteiger partial charge in [-0.15, -0.1) is 0 Å². The molecule has 0 saturated carbocycles. The first-order valence-electron chi connectivity index (χ1n) is 9.25. The molecule has 0 spiro atoms. The van der Waals surface area contributed by atoms with Crippen molar-refractivity contribution in [2.24, 2.45) is 0 Å². The maximum atomic E-state index is 13.2. The lowest BCUT2D eigenvalue weighted by Crippen LogP contribution is -2.65. The molecule has 0 aliphatic carbocycles. The van der Waals surface area contributed by atoms with Crippen LogP contribution in [0.3, 0.4) is 0 Å². The van der Waals surface area contributed by atoms with E-state index in [1.807, 2.05) is 37.2 Å². The van der Waals surface area contributed by atoms with Crippen molar-refractivity contribution in [3.8, 4) is 0 Å². The lowest BCUT2D eigenvalue weighted by molar-refractivity contribution is -0.122. The Bertz CT molecular complexity index is 911. The summed E-state index contributed by atoms with van der Waals surface area (Å²) in [5.41, 5.74) is 2.02. The van der Waals surface area contributed by atoms with Gasteiger partial charge in [-0.25, -0.2) is 9.69 Å². The second-order valence-electron chi connectivity index (χ2n) is 7.24. The number of hydrogen-bond acceptors (Lipinski definition) is 4. The van der Waals surface area contributed by atoms with Crippen LogP contribution in [-0.2, 0) is 4.79 Å². The lowest BCUT2D eigenvalue weighted by atomic mass is 10.0. The molecule has 0 aromatic heterocycles. The van der Waals surface area contributed by atoms with Gasteiger partial charge in [0, 0.05) is 31.9 Å². The third-order valence-electron chi connectivity index (χ3n) is 5.29. The molecule has 2 aromatic rings. The number of urea groups is 1. The van der Waals surface area contributed by atoms with Crippen molar-refractivity contribution >= 4 is 29.2 Å². The van der Waals surface area contributed by atoms with Crippen molar-refractivity contribution in [1.29, 1.82) is 0 Å². The van der Waals surface area contributed by atoms with Crippen LogP contribution in [0.25, 0.3) is 0 Å². The summed E-state index contributed by atoms with van der Waals surface area (Å²) < 4.78 is 0. The van der Waals surface area contributed by atoms with Gasteiger partial charge in [-0.2, -0.15) is 0 Å². The summed E-state index contributed by atoms with van der Waals surface area (Å²) in [4.78, 5) is 43.4. The van der Waals surface area contributed by atoms with Crippen molar-refractivity contribution in [2.75, 3.05) is 30.4 Å². The van der Waals surface area contributed by atoms with Gasteiger partial charge in [0.2, 0.25) is 0 Å². The maximum absolute atomic E-state index is 13.2. The number of anilines is 2. The number of rotatable bonds is 3. The van der Waals surface area contributed by atoms with Crippen LogP contribution >= 0.6 is 0 Å². The second-order valence-corrected chi connectivity index (χ2v) is 7.24. The molecule has 0 bridgehead atoms. The van der Waals surface area contributed by atoms with Crippen LogP contribution in [-0.4, -0.2) is 55.5 Å². The summed E-state index contributed by atoms with van der Waals surface area (Å²) in [6.45, 7) is 0.429. The summed E-state index contributed by atoms with van der Waals surface area (Å²) in [7, 11) is 3.87. The normalized spacial score (nSPS) is 21.4. The maximum Gasteiger partial charge on any atom is 0.329 e. The molecule has 2 heterocycles. The molecule has 2 fully saturated rings. The van der Waals surface area contributed by atoms with Crippen LogP contribution in [0, 0.1) is 0 Å². The Morgan fingerprint density at radius 3 is 2.36 bits per heavy atom. The zero-order chi connectivity index (χ0) is 19.8. The molecule has 2 aliphatic heterocycles. The van der Waals surface area contributed by atoms with Crippen LogP contribution in [0.5, 0.6) is 0 Å². The highest BCUT2D eigenvalue weighted by Gasteiger charge is 2.49. The van der Waals surface area contributed by atoms with E-state index in [0.29, 0.717) is 24.2 Å². The summed E-state index contributed by atoms with van der Waals surface area (Å²) >= 11 is 0. The first-order valence-corrected chi connectivity index (χ1v) is 9.25. The van der Waals surface area contributed by atoms with Crippen LogP contribution in [0.4, 0.5) is 16.2 Å². The smallest absolute Gasteiger partial charge is 0.329 e. The van der Waals surface area contributed by atoms with Crippen LogP contribution in [0.15, 0.2) is 54.6 Å². The average molecular weight is 378 g/mol. The monoisotopic (exact) mass is 378 g/mol. The molecule has 2 atom stereocenters. The summed E-state index contributed by atoms with van der Waals surface area (Å²) in [6.07, 6.45) is 0.562. The molecule has 7 nitrogen and oxygen atoms in total. The molecule has 4 rings (SSSR count). The predicted molar refractivity (Wildman–Crippen MR) is 106 cm³/mol. The molecule has 4 amide bonds. The average Bonchev–Trinajstić information content (AvgIpc) is 3.12. The molecule has 0 unspecified atom stereocenters. The van der Waals surface area contributed by atoms with Gasteiger partial charge in [-0.1, -0.05) is 18.2 Å². The van der Waals surface area contributed by atoms with E-state index in [0.717, 1.165) is 10.6 Å². The SMILES string of the molecule is CN(C)c1ccc(C(=O)N2CC[C@@H]3NC(=O)N(c4ccccc4)C(=O)[C@H]32)cc1. The number of amides is 4. The second kappa shape index (κ2) is 6.99. The van der Waals surface area contributed by atoms with Gasteiger partial charge in [-0.3, -0.25) is 9.59 Å². The third kappa shape index (κ3) is 2.98. The third-order valence-corrected chi connectivity index (χ3v) is 5.29. The molecule has 2 aromatic carbocycles. The van der Waals surface area contributed by atoms with Crippen LogP contribution in [0.2, 0.25) is 0 Å². The van der Waals surface area contributed by atoms with Crippen LogP contribution in [0.1, 0.15) is 16.8 Å². The van der Waals surface area contributed by atoms with E-state index < -0.39 is 12.1 Å². The predicted octanol–water partition coefficient (Wildman–Crippen LogP) is 2.09. The standard InChI is InChI=1S/C21H22N4O3/c1-23(2)15-10-8-14(9-11-15)19(26)24-13-12-17-18(24)20(27)25(21(28)22-17)16-6-4-3-5-7-16/h3-11,17-18H,12-13H2,1-2H3,(H,22,28)/t17-,18-/m0/s1. The molecule has 0 radical (unpaired) electrons. The van der Waals surface area contributed by atoms with E-state index in [1.165, 1.54) is 0 Å². The Hall–Kier alpha value is -3.35. The van der Waals surface area contributed by atoms with Gasteiger partial charge in [0.1, 0.15) is 6.04 Å². The Morgan fingerprint density at radius 1 is 1.04 bits per heavy atom. The molecule has 2 saturated heterocycles. The van der Waals surface area contributed by atoms with Gasteiger partial charge >= 0.3 is 6.03 Å². The minimum Gasteiger partial charge on any atom is -0.378 e. The summed E-state index contributed by atoms with van der Waals surface area (Å²) in [6, 6.07) is 14.6. The highest BCUT2D eigenvalue weighted by molar-refractivity contribution is 6.19. The number of likely N-dealkylation sites (tertiary alicyclic amines) is 1. The fraction of sp³-hybridized carbons (Fsp3) is 0.286. The number of nitrogens with one attached hydrogen (secondary N) is 1. The van der Waals surface area contributed by atoms with E-state index >= 15 is 0 Å². The van der Waals surface area contributed by atoms with E-state index in [1.54, 1.807) is 41.3 Å². The van der Waals surface area contributed by atoms with E-state index in [4.69, 9.17) is 0 Å². The Morgan fingerprint density at radius 2 is 1.71 bits per heavy atom. The number of para-hydroxylation sites is 1. The van der Waals surface area contributed by atoms with Gasteiger partial charge in [0.25, 0.3) is 11.8 Å². The topological polar surface area (TPSA) is 73.0 Å². The number of imide groups is 1. The zero-order valence-electron chi connectivity index (χ0n) is 15.8. The molecule has 7 heteroatoms. The van der Waals surface area contributed by atoms with Gasteiger partial charge in [0.05, 0.1) is 11.7 Å². The Balaban J connectivity index is 1.61. The first-order chi connectivity index (χ1) is 13.5. The minimum absolute atomic E-state index is 0.199.